The van der Waals surface area contributed by atoms with E-state index < -0.39 is 26.8 Å². The largest absolute Gasteiger partial charge is 0.624 e. The number of hydrogen-bond acceptors (Lipinski definition) is 5. The van der Waals surface area contributed by atoms with Gasteiger partial charge in [0.1, 0.15) is 0 Å². The van der Waals surface area contributed by atoms with Crippen molar-refractivity contribution in [2.24, 2.45) is 0 Å². The van der Waals surface area contributed by atoms with Crippen molar-refractivity contribution in [3.05, 3.63) is 28.1 Å². The number of pyridine rings is 1. The summed E-state index contributed by atoms with van der Waals surface area (Å²) in [5.74, 6) is -1.50. The number of hydrogen-bond donors (Lipinski definition) is 2. The highest BCUT2D eigenvalue weighted by Gasteiger charge is 2.22. The zero-order chi connectivity index (χ0) is 14.8. The molecular formula is C10H12N2O6S. The highest BCUT2D eigenvalue weighted by atomic mass is 32.2. The van der Waals surface area contributed by atoms with Gasteiger partial charge in [0, 0.05) is 0 Å². The number of hydroxylamine groups is 1. The molecule has 0 aliphatic carbocycles. The predicted molar refractivity (Wildman–Crippen MR) is 65.1 cm³/mol. The predicted octanol–water partition coefficient (Wildman–Crippen LogP) is 0.284. The molecule has 1 aromatic heterocycles. The molecule has 9 heteroatoms. The first-order valence-corrected chi connectivity index (χ1v) is 6.62. The van der Waals surface area contributed by atoms with Gasteiger partial charge in [-0.25, -0.2) is 14.5 Å². The smallest absolute Gasteiger partial charge is 0.355 e. The molecule has 2 N–H and O–H groups in total. The lowest BCUT2D eigenvalue weighted by atomic mass is 10.1. The third kappa shape index (κ3) is 3.48. The lowest BCUT2D eigenvalue weighted by molar-refractivity contribution is -0.447. The summed E-state index contributed by atoms with van der Waals surface area (Å²) in [6.07, 6.45) is 1.01. The molecule has 0 unspecified atom stereocenters. The summed E-state index contributed by atoms with van der Waals surface area (Å²) in [7, 11) is -4.61. The van der Waals surface area contributed by atoms with Crippen LogP contribution in [0.4, 0.5) is 0 Å². The second kappa shape index (κ2) is 5.33. The Labute approximate surface area is 109 Å². The van der Waals surface area contributed by atoms with Gasteiger partial charge in [0.15, 0.2) is 23.5 Å². The van der Waals surface area contributed by atoms with E-state index in [0.29, 0.717) is 4.74 Å². The number of carbonyl (C=O) groups is 1. The van der Waals surface area contributed by atoms with Crippen molar-refractivity contribution in [2.45, 2.75) is 18.9 Å². The van der Waals surface area contributed by atoms with E-state index in [1.165, 1.54) is 6.92 Å². The molecule has 1 heterocycles. The van der Waals surface area contributed by atoms with Crippen LogP contribution in [0.3, 0.4) is 0 Å². The average Bonchev–Trinajstić information content (AvgIpc) is 2.29. The topological polar surface area (TPSA) is 131 Å². The number of aromatic nitrogens is 1. The highest BCUT2D eigenvalue weighted by Crippen LogP contribution is 2.15. The van der Waals surface area contributed by atoms with Gasteiger partial charge in [-0.1, -0.05) is 0 Å². The van der Waals surface area contributed by atoms with Gasteiger partial charge in [-0.15, -0.1) is 0 Å². The van der Waals surface area contributed by atoms with Crippen LogP contribution in [0.15, 0.2) is 11.1 Å². The zero-order valence-corrected chi connectivity index (χ0v) is 11.0. The Morgan fingerprint density at radius 3 is 2.58 bits per heavy atom. The SMILES string of the molecule is CC[N+]([O-])=Cc1c(C)cc(S(=O)(=O)O)nc1C(=O)O. The summed E-state index contributed by atoms with van der Waals surface area (Å²) in [5.41, 5.74) is -0.409. The molecule has 0 aliphatic rings. The fourth-order valence-corrected chi connectivity index (χ4v) is 1.88. The van der Waals surface area contributed by atoms with Crippen LogP contribution in [0.5, 0.6) is 0 Å². The van der Waals surface area contributed by atoms with Crippen LogP contribution >= 0.6 is 0 Å². The molecule has 0 radical (unpaired) electrons. The Bertz CT molecular complexity index is 650. The van der Waals surface area contributed by atoms with E-state index in [-0.39, 0.29) is 17.7 Å². The normalized spacial score (nSPS) is 12.5. The van der Waals surface area contributed by atoms with E-state index in [9.17, 15) is 18.4 Å². The Hall–Kier alpha value is -2.00. The number of nitrogens with zero attached hydrogens (tertiary/aromatic N) is 2. The summed E-state index contributed by atoms with van der Waals surface area (Å²) in [6, 6.07) is 0.997. The van der Waals surface area contributed by atoms with Crippen molar-refractivity contribution < 1.29 is 27.6 Å². The Morgan fingerprint density at radius 2 is 2.16 bits per heavy atom. The first kappa shape index (κ1) is 15.1. The van der Waals surface area contributed by atoms with Crippen LogP contribution in [0, 0.1) is 12.1 Å². The van der Waals surface area contributed by atoms with Crippen molar-refractivity contribution in [3.8, 4) is 0 Å². The molecule has 0 bridgehead atoms. The Balaban J connectivity index is 3.62. The molecule has 0 saturated carbocycles. The highest BCUT2D eigenvalue weighted by molar-refractivity contribution is 7.85. The third-order valence-corrected chi connectivity index (χ3v) is 3.03. The summed E-state index contributed by atoms with van der Waals surface area (Å²) >= 11 is 0. The van der Waals surface area contributed by atoms with E-state index in [2.05, 4.69) is 4.98 Å². The minimum absolute atomic E-state index is 0.00301. The van der Waals surface area contributed by atoms with Crippen molar-refractivity contribution >= 4 is 22.3 Å². The number of aryl methyl sites for hydroxylation is 1. The molecule has 0 atom stereocenters. The minimum Gasteiger partial charge on any atom is -0.624 e. The van der Waals surface area contributed by atoms with Gasteiger partial charge in [-0.2, -0.15) is 8.42 Å². The van der Waals surface area contributed by atoms with E-state index >= 15 is 0 Å². The van der Waals surface area contributed by atoms with E-state index in [4.69, 9.17) is 9.66 Å². The van der Waals surface area contributed by atoms with Gasteiger partial charge in [-0.3, -0.25) is 4.55 Å². The van der Waals surface area contributed by atoms with E-state index in [1.54, 1.807) is 6.92 Å². The maximum absolute atomic E-state index is 11.3. The molecule has 1 aromatic rings. The van der Waals surface area contributed by atoms with Crippen LogP contribution in [-0.4, -0.2) is 46.5 Å². The quantitative estimate of drug-likeness (QED) is 0.267. The number of carboxylic acid groups (broad SMARTS) is 1. The summed E-state index contributed by atoms with van der Waals surface area (Å²) in [6.45, 7) is 3.08. The Morgan fingerprint density at radius 1 is 1.58 bits per heavy atom. The number of carboxylic acids is 1. The minimum atomic E-state index is -4.61. The summed E-state index contributed by atoms with van der Waals surface area (Å²) in [4.78, 5) is 14.4. The fourth-order valence-electron chi connectivity index (χ4n) is 1.35. The molecule has 19 heavy (non-hydrogen) atoms. The van der Waals surface area contributed by atoms with Gasteiger partial charge < -0.3 is 10.3 Å². The number of rotatable bonds is 4. The fraction of sp³-hybridized carbons (Fsp3) is 0.300. The second-order valence-electron chi connectivity index (χ2n) is 3.68. The zero-order valence-electron chi connectivity index (χ0n) is 10.2. The third-order valence-electron chi connectivity index (χ3n) is 2.29. The first-order valence-electron chi connectivity index (χ1n) is 5.18. The van der Waals surface area contributed by atoms with Gasteiger partial charge in [0.05, 0.1) is 5.56 Å². The molecule has 0 fully saturated rings. The second-order valence-corrected chi connectivity index (χ2v) is 5.05. The van der Waals surface area contributed by atoms with E-state index in [0.717, 1.165) is 12.3 Å². The number of aromatic carboxylic acids is 1. The maximum atomic E-state index is 11.3. The van der Waals surface area contributed by atoms with Crippen LogP contribution in [0.25, 0.3) is 0 Å². The van der Waals surface area contributed by atoms with E-state index in [1.807, 2.05) is 0 Å². The van der Waals surface area contributed by atoms with Gasteiger partial charge >= 0.3 is 16.1 Å². The van der Waals surface area contributed by atoms with Crippen molar-refractivity contribution in [2.75, 3.05) is 6.54 Å². The molecule has 8 nitrogen and oxygen atoms in total. The maximum Gasteiger partial charge on any atom is 0.355 e. The molecule has 0 aromatic carbocycles. The van der Waals surface area contributed by atoms with Crippen LogP contribution in [0.2, 0.25) is 0 Å². The molecule has 0 spiro atoms. The Kier molecular flexibility index (Phi) is 4.22. The monoisotopic (exact) mass is 288 g/mol. The molecule has 0 amide bonds. The summed E-state index contributed by atoms with van der Waals surface area (Å²) < 4.78 is 31.3. The van der Waals surface area contributed by atoms with Crippen molar-refractivity contribution in [1.29, 1.82) is 0 Å². The summed E-state index contributed by atoms with van der Waals surface area (Å²) in [5, 5.41) is 19.5. The molecule has 104 valence electrons. The average molecular weight is 288 g/mol. The molecule has 0 saturated heterocycles. The van der Waals surface area contributed by atoms with Crippen molar-refractivity contribution in [1.82, 2.24) is 4.98 Å². The first-order chi connectivity index (χ1) is 8.66. The van der Waals surface area contributed by atoms with Gasteiger partial charge in [0.25, 0.3) is 0 Å². The van der Waals surface area contributed by atoms with Crippen molar-refractivity contribution in [3.63, 3.8) is 0 Å². The van der Waals surface area contributed by atoms with Crippen LogP contribution in [0.1, 0.15) is 28.5 Å². The molecule has 1 rings (SSSR count). The molecule has 0 aliphatic heterocycles. The van der Waals surface area contributed by atoms with Crippen LogP contribution in [-0.2, 0) is 10.1 Å². The van der Waals surface area contributed by atoms with Gasteiger partial charge in [0.2, 0.25) is 0 Å². The lowest BCUT2D eigenvalue weighted by Crippen LogP contribution is -2.15. The standard InChI is InChI=1S/C10H12N2O6S/c1-3-12(15)5-7-6(2)4-8(19(16,17)18)11-9(7)10(13)14/h4-5H,3H2,1-2H3,(H,13,14)(H,16,17,18). The van der Waals surface area contributed by atoms with Gasteiger partial charge in [-0.05, 0) is 25.5 Å². The van der Waals surface area contributed by atoms with Crippen LogP contribution < -0.4 is 0 Å². The molecular weight excluding hydrogens is 276 g/mol. The lowest BCUT2D eigenvalue weighted by Gasteiger charge is -2.07.